The third-order valence-electron chi connectivity index (χ3n) is 2.69. The summed E-state index contributed by atoms with van der Waals surface area (Å²) in [6.07, 6.45) is 1.67. The van der Waals surface area contributed by atoms with Crippen molar-refractivity contribution in [2.24, 2.45) is 0 Å². The molecule has 19 heavy (non-hydrogen) atoms. The van der Waals surface area contributed by atoms with Gasteiger partial charge in [-0.1, -0.05) is 6.08 Å². The van der Waals surface area contributed by atoms with Crippen molar-refractivity contribution < 1.29 is 14.4 Å². The molecule has 8 heteroatoms. The third kappa shape index (κ3) is 3.14. The van der Waals surface area contributed by atoms with Gasteiger partial charge >= 0.3 is 5.97 Å². The van der Waals surface area contributed by atoms with Gasteiger partial charge in [-0.15, -0.1) is 17.9 Å². The lowest BCUT2D eigenvalue weighted by Crippen LogP contribution is -2.40. The molecule has 0 amide bonds. The van der Waals surface area contributed by atoms with Gasteiger partial charge in [0, 0.05) is 29.4 Å². The van der Waals surface area contributed by atoms with Gasteiger partial charge in [0.05, 0.1) is 35.8 Å². The number of fused-ring (bicyclic) bond motifs is 1. The number of aromatic nitrogens is 1. The Balaban J connectivity index is 2.19. The van der Waals surface area contributed by atoms with E-state index < -0.39 is 6.04 Å². The van der Waals surface area contributed by atoms with Gasteiger partial charge in [-0.3, -0.25) is 4.84 Å². The van der Waals surface area contributed by atoms with E-state index >= 15 is 0 Å². The number of ether oxygens (including phenoxy) is 1. The summed E-state index contributed by atoms with van der Waals surface area (Å²) in [6.45, 7) is 4.65. The number of methoxy groups -OCH3 is 1. The second-order valence-corrected chi connectivity index (χ2v) is 6.01. The molecular weight excluding hydrogens is 381 g/mol. The van der Waals surface area contributed by atoms with Crippen molar-refractivity contribution in [1.82, 2.24) is 13.6 Å². The van der Waals surface area contributed by atoms with E-state index in [2.05, 4.69) is 39.9 Å². The molecule has 0 aromatic carbocycles. The molecule has 1 aromatic heterocycles. The van der Waals surface area contributed by atoms with Crippen molar-refractivity contribution in [2.45, 2.75) is 12.1 Å². The van der Waals surface area contributed by atoms with Gasteiger partial charge in [0.25, 0.3) is 0 Å². The molecule has 0 spiro atoms. The first-order valence-electron chi connectivity index (χ1n) is 5.60. The molecule has 6 nitrogen and oxygen atoms in total. The Morgan fingerprint density at radius 1 is 1.84 bits per heavy atom. The van der Waals surface area contributed by atoms with Crippen molar-refractivity contribution in [2.75, 3.05) is 20.3 Å². The molecule has 0 bridgehead atoms. The van der Waals surface area contributed by atoms with Crippen molar-refractivity contribution >= 4 is 40.2 Å². The average molecular weight is 395 g/mol. The Kier molecular flexibility index (Phi) is 5.28. The molecule has 0 saturated carbocycles. The quantitative estimate of drug-likeness (QED) is 0.205. The van der Waals surface area contributed by atoms with Crippen molar-refractivity contribution in [3.05, 3.63) is 28.7 Å². The normalized spacial score (nSPS) is 22.8. The Morgan fingerprint density at radius 2 is 2.63 bits per heavy atom. The van der Waals surface area contributed by atoms with Crippen LogP contribution in [-0.2, 0) is 14.4 Å². The highest BCUT2D eigenvalue weighted by molar-refractivity contribution is 14.1. The van der Waals surface area contributed by atoms with Crippen LogP contribution in [0, 0.1) is 0 Å². The number of hydroxylamine groups is 1. The summed E-state index contributed by atoms with van der Waals surface area (Å²) in [4.78, 5) is 22.4. The van der Waals surface area contributed by atoms with Crippen molar-refractivity contribution in [3.8, 4) is 0 Å². The lowest BCUT2D eigenvalue weighted by atomic mass is 10.0. The molecule has 1 aliphatic rings. The van der Waals surface area contributed by atoms with E-state index in [9.17, 15) is 4.79 Å². The molecule has 2 heterocycles. The summed E-state index contributed by atoms with van der Waals surface area (Å²) in [5, 5.41) is 0. The zero-order valence-corrected chi connectivity index (χ0v) is 13.3. The van der Waals surface area contributed by atoms with E-state index in [1.54, 1.807) is 11.6 Å². The SMILES string of the molecule is C=CCONC1CN(I)C(C(=O)OC)c2ncsc21. The minimum atomic E-state index is -0.454. The Bertz CT molecular complexity index is 468. The second-order valence-electron chi connectivity index (χ2n) is 3.88. The first-order chi connectivity index (χ1) is 9.19. The number of thiazole rings is 1. The molecule has 1 N–H and O–H groups in total. The monoisotopic (exact) mass is 395 g/mol. The van der Waals surface area contributed by atoms with Crippen LogP contribution >= 0.6 is 34.2 Å². The van der Waals surface area contributed by atoms with Crippen LogP contribution in [0.5, 0.6) is 0 Å². The fraction of sp³-hybridized carbons (Fsp3) is 0.455. The maximum atomic E-state index is 11.8. The van der Waals surface area contributed by atoms with Crippen LogP contribution in [0.1, 0.15) is 22.7 Å². The highest BCUT2D eigenvalue weighted by Gasteiger charge is 2.39. The van der Waals surface area contributed by atoms with Gasteiger partial charge < -0.3 is 4.74 Å². The summed E-state index contributed by atoms with van der Waals surface area (Å²) in [7, 11) is 1.39. The lowest BCUT2D eigenvalue weighted by molar-refractivity contribution is -0.145. The van der Waals surface area contributed by atoms with Crippen molar-refractivity contribution in [1.29, 1.82) is 0 Å². The lowest BCUT2D eigenvalue weighted by Gasteiger charge is -2.32. The molecule has 1 aromatic rings. The van der Waals surface area contributed by atoms with Crippen LogP contribution < -0.4 is 5.48 Å². The summed E-state index contributed by atoms with van der Waals surface area (Å²) in [5.41, 5.74) is 5.44. The summed E-state index contributed by atoms with van der Waals surface area (Å²) >= 11 is 3.62. The number of nitrogens with one attached hydrogen (secondary N) is 1. The van der Waals surface area contributed by atoms with Crippen LogP contribution in [0.2, 0.25) is 0 Å². The Labute approximate surface area is 129 Å². The van der Waals surface area contributed by atoms with E-state index in [0.717, 1.165) is 10.6 Å². The zero-order valence-electron chi connectivity index (χ0n) is 10.3. The fourth-order valence-electron chi connectivity index (χ4n) is 1.86. The van der Waals surface area contributed by atoms with Crippen LogP contribution in [-0.4, -0.2) is 34.3 Å². The zero-order chi connectivity index (χ0) is 13.8. The van der Waals surface area contributed by atoms with Crippen LogP contribution in [0.4, 0.5) is 0 Å². The minimum Gasteiger partial charge on any atom is -0.468 e. The van der Waals surface area contributed by atoms with Gasteiger partial charge in [0.1, 0.15) is 0 Å². The highest BCUT2D eigenvalue weighted by atomic mass is 127. The number of carbonyl (C=O) groups excluding carboxylic acids is 1. The molecule has 104 valence electrons. The molecule has 0 saturated heterocycles. The number of rotatable bonds is 5. The van der Waals surface area contributed by atoms with Gasteiger partial charge in [-0.05, 0) is 0 Å². The predicted octanol–water partition coefficient (Wildman–Crippen LogP) is 1.77. The molecule has 0 fully saturated rings. The Morgan fingerprint density at radius 3 is 3.32 bits per heavy atom. The molecule has 2 unspecified atom stereocenters. The molecule has 2 rings (SSSR count). The highest BCUT2D eigenvalue weighted by Crippen LogP contribution is 2.38. The number of halogens is 1. The third-order valence-corrected chi connectivity index (χ3v) is 4.60. The van der Waals surface area contributed by atoms with Crippen molar-refractivity contribution in [3.63, 3.8) is 0 Å². The number of esters is 1. The summed E-state index contributed by atoms with van der Waals surface area (Å²) in [6, 6.07) is -0.468. The molecular formula is C11H14IN3O3S. The fourth-order valence-corrected chi connectivity index (χ4v) is 3.60. The minimum absolute atomic E-state index is 0.0137. The van der Waals surface area contributed by atoms with Gasteiger partial charge in [-0.2, -0.15) is 5.48 Å². The maximum Gasteiger partial charge on any atom is 0.330 e. The van der Waals surface area contributed by atoms with Crippen LogP contribution in [0.25, 0.3) is 0 Å². The smallest absolute Gasteiger partial charge is 0.330 e. The first-order valence-corrected chi connectivity index (χ1v) is 7.45. The van der Waals surface area contributed by atoms with E-state index in [0.29, 0.717) is 13.2 Å². The number of carbonyl (C=O) groups is 1. The second kappa shape index (κ2) is 6.75. The molecule has 2 atom stereocenters. The largest absolute Gasteiger partial charge is 0.468 e. The summed E-state index contributed by atoms with van der Waals surface area (Å²) < 4.78 is 6.71. The average Bonchev–Trinajstić information content (AvgIpc) is 2.87. The van der Waals surface area contributed by atoms with Gasteiger partial charge in [0.15, 0.2) is 6.04 Å². The standard InChI is InChI=1S/C11H14IN3O3S/c1-3-4-18-14-7-5-15(12)9(11(16)17-2)8-10(7)19-6-13-8/h3,6-7,9,14H,1,4-5H2,2H3. The topological polar surface area (TPSA) is 63.7 Å². The van der Waals surface area contributed by atoms with Crippen LogP contribution in [0.15, 0.2) is 18.2 Å². The molecule has 0 radical (unpaired) electrons. The molecule has 0 aliphatic carbocycles. The Hall–Kier alpha value is -0.550. The van der Waals surface area contributed by atoms with E-state index in [1.165, 1.54) is 18.4 Å². The van der Waals surface area contributed by atoms with E-state index in [-0.39, 0.29) is 12.0 Å². The summed E-state index contributed by atoms with van der Waals surface area (Å²) in [5.74, 6) is -0.299. The van der Waals surface area contributed by atoms with Gasteiger partial charge in [-0.25, -0.2) is 12.9 Å². The number of hydrogen-bond acceptors (Lipinski definition) is 7. The maximum absolute atomic E-state index is 11.8. The number of nitrogens with zero attached hydrogens (tertiary/aromatic N) is 2. The first kappa shape index (κ1) is 14.9. The van der Waals surface area contributed by atoms with Gasteiger partial charge in [0.2, 0.25) is 0 Å². The number of hydrogen-bond donors (Lipinski definition) is 1. The molecule has 1 aliphatic heterocycles. The van der Waals surface area contributed by atoms with E-state index in [1.807, 2.05) is 3.11 Å². The predicted molar refractivity (Wildman–Crippen MR) is 79.6 cm³/mol. The van der Waals surface area contributed by atoms with Crippen LogP contribution in [0.3, 0.4) is 0 Å². The van der Waals surface area contributed by atoms with E-state index in [4.69, 9.17) is 9.57 Å².